The molecule has 0 amide bonds. The molecule has 0 saturated carbocycles. The van der Waals surface area contributed by atoms with Crippen molar-refractivity contribution in [1.29, 1.82) is 0 Å². The largest absolute Gasteiger partial charge is 0.487 e. The number of rotatable bonds is 6. The van der Waals surface area contributed by atoms with Gasteiger partial charge < -0.3 is 15.2 Å². The maximum atomic E-state index is 13.1. The van der Waals surface area contributed by atoms with Crippen LogP contribution in [0.15, 0.2) is 42.5 Å². The highest BCUT2D eigenvalue weighted by atomic mass is 19.4. The zero-order valence-corrected chi connectivity index (χ0v) is 12.3. The van der Waals surface area contributed by atoms with Gasteiger partial charge in [-0.3, -0.25) is 0 Å². The Labute approximate surface area is 134 Å². The lowest BCUT2D eigenvalue weighted by atomic mass is 10.2. The molecule has 0 aliphatic heterocycles. The van der Waals surface area contributed by atoms with Crippen LogP contribution in [0, 0.1) is 11.6 Å². The summed E-state index contributed by atoms with van der Waals surface area (Å²) >= 11 is 0. The van der Waals surface area contributed by atoms with E-state index in [1.165, 1.54) is 12.1 Å². The van der Waals surface area contributed by atoms with Crippen LogP contribution >= 0.6 is 0 Å². The zero-order chi connectivity index (χ0) is 17.7. The van der Waals surface area contributed by atoms with E-state index in [0.29, 0.717) is 0 Å². The smallest absolute Gasteiger partial charge is 0.416 e. The normalized spacial score (nSPS) is 12.8. The minimum absolute atomic E-state index is 0.171. The van der Waals surface area contributed by atoms with Crippen LogP contribution in [0.2, 0.25) is 0 Å². The second-order valence-electron chi connectivity index (χ2n) is 5.00. The van der Waals surface area contributed by atoms with Gasteiger partial charge in [0.1, 0.15) is 24.0 Å². The van der Waals surface area contributed by atoms with Gasteiger partial charge in [-0.15, -0.1) is 0 Å². The lowest BCUT2D eigenvalue weighted by molar-refractivity contribution is -0.198. The van der Waals surface area contributed by atoms with E-state index in [1.807, 2.05) is 0 Å². The van der Waals surface area contributed by atoms with E-state index >= 15 is 0 Å². The first-order chi connectivity index (χ1) is 11.3. The molecule has 1 unspecified atom stereocenters. The quantitative estimate of drug-likeness (QED) is 0.780. The number of anilines is 1. The van der Waals surface area contributed by atoms with Crippen molar-refractivity contribution in [3.8, 4) is 5.75 Å². The summed E-state index contributed by atoms with van der Waals surface area (Å²) in [5, 5.41) is 11.4. The van der Waals surface area contributed by atoms with Crippen molar-refractivity contribution in [2.75, 3.05) is 11.9 Å². The van der Waals surface area contributed by atoms with E-state index in [1.54, 1.807) is 12.1 Å². The topological polar surface area (TPSA) is 41.5 Å². The predicted octanol–water partition coefficient (Wildman–Crippen LogP) is 3.88. The highest BCUT2D eigenvalue weighted by Gasteiger charge is 2.37. The maximum Gasteiger partial charge on any atom is 0.416 e. The summed E-state index contributed by atoms with van der Waals surface area (Å²) in [5.74, 6) is -1.32. The van der Waals surface area contributed by atoms with Gasteiger partial charge >= 0.3 is 6.18 Å². The van der Waals surface area contributed by atoms with Crippen molar-refractivity contribution in [3.63, 3.8) is 0 Å². The predicted molar refractivity (Wildman–Crippen MR) is 77.7 cm³/mol. The zero-order valence-electron chi connectivity index (χ0n) is 12.3. The molecule has 0 aromatic heterocycles. The van der Waals surface area contributed by atoms with Gasteiger partial charge in [-0.05, 0) is 29.8 Å². The number of halogens is 5. The van der Waals surface area contributed by atoms with Crippen molar-refractivity contribution in [1.82, 2.24) is 0 Å². The molecule has 24 heavy (non-hydrogen) atoms. The average Bonchev–Trinajstić information content (AvgIpc) is 2.49. The number of hydrogen-bond donors (Lipinski definition) is 2. The van der Waals surface area contributed by atoms with Crippen LogP contribution in [0.25, 0.3) is 0 Å². The van der Waals surface area contributed by atoms with E-state index in [0.717, 1.165) is 18.2 Å². The van der Waals surface area contributed by atoms with E-state index in [2.05, 4.69) is 5.32 Å². The summed E-state index contributed by atoms with van der Waals surface area (Å²) < 4.78 is 68.5. The number of benzene rings is 2. The first-order valence-corrected chi connectivity index (χ1v) is 6.91. The molecule has 0 aliphatic rings. The number of para-hydroxylation sites is 2. The molecule has 3 nitrogen and oxygen atoms in total. The molecule has 1 atom stereocenters. The Kier molecular flexibility index (Phi) is 5.61. The lowest BCUT2D eigenvalue weighted by Crippen LogP contribution is -2.35. The number of hydrogen-bond acceptors (Lipinski definition) is 3. The van der Waals surface area contributed by atoms with Crippen LogP contribution in [-0.2, 0) is 6.61 Å². The summed E-state index contributed by atoms with van der Waals surface area (Å²) in [7, 11) is 0. The van der Waals surface area contributed by atoms with Gasteiger partial charge in [0.25, 0.3) is 0 Å². The van der Waals surface area contributed by atoms with Crippen molar-refractivity contribution in [3.05, 3.63) is 59.7 Å². The number of alkyl halides is 3. The molecule has 2 rings (SSSR count). The molecule has 8 heteroatoms. The van der Waals surface area contributed by atoms with Crippen LogP contribution in [-0.4, -0.2) is 23.9 Å². The van der Waals surface area contributed by atoms with Crippen LogP contribution in [0.1, 0.15) is 5.56 Å². The Morgan fingerprint density at radius 3 is 2.29 bits per heavy atom. The molecular formula is C16H14F5NO2. The van der Waals surface area contributed by atoms with Crippen LogP contribution in [0.3, 0.4) is 0 Å². The Balaban J connectivity index is 2.03. The Hall–Kier alpha value is -2.35. The van der Waals surface area contributed by atoms with E-state index in [-0.39, 0.29) is 23.6 Å². The highest BCUT2D eigenvalue weighted by molar-refractivity contribution is 5.56. The summed E-state index contributed by atoms with van der Waals surface area (Å²) in [6.45, 7) is -0.923. The van der Waals surface area contributed by atoms with Crippen LogP contribution in [0.4, 0.5) is 27.6 Å². The first-order valence-electron chi connectivity index (χ1n) is 6.91. The fourth-order valence-electron chi connectivity index (χ4n) is 1.92. The summed E-state index contributed by atoms with van der Waals surface area (Å²) in [6.07, 6.45) is -7.26. The van der Waals surface area contributed by atoms with E-state index < -0.39 is 30.5 Å². The van der Waals surface area contributed by atoms with Gasteiger partial charge in [0, 0.05) is 12.6 Å². The molecule has 2 N–H and O–H groups in total. The van der Waals surface area contributed by atoms with Gasteiger partial charge in [-0.1, -0.05) is 12.1 Å². The Morgan fingerprint density at radius 1 is 1.04 bits per heavy atom. The number of nitrogens with one attached hydrogen (secondary N) is 1. The monoisotopic (exact) mass is 347 g/mol. The molecule has 0 heterocycles. The van der Waals surface area contributed by atoms with Gasteiger partial charge in [0.05, 0.1) is 5.69 Å². The number of ether oxygens (including phenoxy) is 1. The van der Waals surface area contributed by atoms with Crippen molar-refractivity contribution in [2.45, 2.75) is 18.9 Å². The molecule has 0 aliphatic carbocycles. The molecular weight excluding hydrogens is 333 g/mol. The second-order valence-corrected chi connectivity index (χ2v) is 5.00. The average molecular weight is 347 g/mol. The fraction of sp³-hybridized carbons (Fsp3) is 0.250. The molecule has 0 bridgehead atoms. The first kappa shape index (κ1) is 18.0. The van der Waals surface area contributed by atoms with Crippen LogP contribution < -0.4 is 10.1 Å². The molecule has 0 radical (unpaired) electrons. The van der Waals surface area contributed by atoms with Gasteiger partial charge in [-0.2, -0.15) is 13.2 Å². The third-order valence-electron chi connectivity index (χ3n) is 3.07. The number of aliphatic hydroxyl groups excluding tert-OH is 1. The molecule has 2 aromatic rings. The van der Waals surface area contributed by atoms with Crippen molar-refractivity contribution in [2.24, 2.45) is 0 Å². The fourth-order valence-corrected chi connectivity index (χ4v) is 1.92. The molecule has 130 valence electrons. The SMILES string of the molecule is OC(CNc1ccccc1OCc1cc(F)cc(F)c1)C(F)(F)F. The summed E-state index contributed by atoms with van der Waals surface area (Å²) in [5.41, 5.74) is 0.454. The molecule has 2 aromatic carbocycles. The molecule has 0 spiro atoms. The van der Waals surface area contributed by atoms with Gasteiger partial charge in [-0.25, -0.2) is 8.78 Å². The van der Waals surface area contributed by atoms with E-state index in [9.17, 15) is 22.0 Å². The minimum Gasteiger partial charge on any atom is -0.487 e. The standard InChI is InChI=1S/C16H14F5NO2/c17-11-5-10(6-12(18)7-11)9-24-14-4-2-1-3-13(14)22-8-15(23)16(19,20)21/h1-7,15,22-23H,8-9H2. The third kappa shape index (κ3) is 5.09. The van der Waals surface area contributed by atoms with Crippen molar-refractivity contribution >= 4 is 5.69 Å². The maximum absolute atomic E-state index is 13.1. The molecule has 0 saturated heterocycles. The summed E-state index contributed by atoms with van der Waals surface area (Å²) in [4.78, 5) is 0. The second kappa shape index (κ2) is 7.48. The van der Waals surface area contributed by atoms with Gasteiger partial charge in [0.15, 0.2) is 6.10 Å². The highest BCUT2D eigenvalue weighted by Crippen LogP contribution is 2.26. The van der Waals surface area contributed by atoms with Crippen molar-refractivity contribution < 1.29 is 31.8 Å². The minimum atomic E-state index is -4.73. The van der Waals surface area contributed by atoms with E-state index in [4.69, 9.17) is 9.84 Å². The van der Waals surface area contributed by atoms with Crippen LogP contribution in [0.5, 0.6) is 5.75 Å². The summed E-state index contributed by atoms with van der Waals surface area (Å²) in [6, 6.07) is 9.00. The van der Waals surface area contributed by atoms with Gasteiger partial charge in [0.2, 0.25) is 0 Å². The Morgan fingerprint density at radius 2 is 1.67 bits per heavy atom. The number of aliphatic hydroxyl groups is 1. The molecule has 0 fully saturated rings. The third-order valence-corrected chi connectivity index (χ3v) is 3.07. The Bertz CT molecular complexity index is 670. The lowest BCUT2D eigenvalue weighted by Gasteiger charge is -2.17.